The molecule has 0 atom stereocenters. The van der Waals surface area contributed by atoms with Crippen LogP contribution in [0.25, 0.3) is 32.4 Å². The van der Waals surface area contributed by atoms with E-state index < -0.39 is 5.97 Å². The lowest BCUT2D eigenvalue weighted by atomic mass is 10.1. The molecule has 0 amide bonds. The summed E-state index contributed by atoms with van der Waals surface area (Å²) in [6, 6.07) is 19.3. The molecule has 2 heterocycles. The van der Waals surface area contributed by atoms with E-state index in [2.05, 4.69) is 0 Å². The maximum atomic E-state index is 11.2. The molecule has 2 aromatic heterocycles. The van der Waals surface area contributed by atoms with Gasteiger partial charge in [0.15, 0.2) is 0 Å². The standard InChI is InChI=1S/C23H20N2O4S/c1-28-17-9-5-15(6-10-17)21-22(16-7-11-18(29-2)12-8-16)30-23(24-21)19-4-3-13-25(19)14-20(26)27/h3-13H,14H2,1-2H3,(H,26,27). The Bertz CT molecular complexity index is 1100. The molecule has 0 fully saturated rings. The molecule has 152 valence electrons. The highest BCUT2D eigenvalue weighted by molar-refractivity contribution is 7.18. The van der Waals surface area contributed by atoms with Crippen LogP contribution in [0.5, 0.6) is 11.5 Å². The highest BCUT2D eigenvalue weighted by Gasteiger charge is 2.18. The van der Waals surface area contributed by atoms with E-state index in [1.165, 1.54) is 11.3 Å². The molecule has 0 aliphatic rings. The van der Waals surface area contributed by atoms with Crippen molar-refractivity contribution in [3.8, 4) is 43.9 Å². The zero-order valence-electron chi connectivity index (χ0n) is 16.5. The summed E-state index contributed by atoms with van der Waals surface area (Å²) >= 11 is 1.53. The fourth-order valence-electron chi connectivity index (χ4n) is 3.20. The largest absolute Gasteiger partial charge is 0.497 e. The van der Waals surface area contributed by atoms with Gasteiger partial charge < -0.3 is 19.1 Å². The fraction of sp³-hybridized carbons (Fsp3) is 0.130. The molecule has 30 heavy (non-hydrogen) atoms. The second-order valence-corrected chi connectivity index (χ2v) is 7.57. The van der Waals surface area contributed by atoms with Crippen LogP contribution in [-0.4, -0.2) is 34.8 Å². The van der Waals surface area contributed by atoms with Crippen LogP contribution in [0.4, 0.5) is 0 Å². The average molecular weight is 420 g/mol. The van der Waals surface area contributed by atoms with Gasteiger partial charge in [-0.1, -0.05) is 0 Å². The van der Waals surface area contributed by atoms with Gasteiger partial charge in [-0.2, -0.15) is 0 Å². The summed E-state index contributed by atoms with van der Waals surface area (Å²) in [6.07, 6.45) is 1.75. The van der Waals surface area contributed by atoms with Crippen molar-refractivity contribution in [2.45, 2.75) is 6.54 Å². The maximum absolute atomic E-state index is 11.2. The molecule has 0 bridgehead atoms. The molecule has 0 saturated carbocycles. The molecule has 7 heteroatoms. The van der Waals surface area contributed by atoms with E-state index in [1.807, 2.05) is 60.7 Å². The first kappa shape index (κ1) is 19.7. The molecule has 4 aromatic rings. The third kappa shape index (κ3) is 3.92. The Morgan fingerprint density at radius 2 is 1.57 bits per heavy atom. The monoisotopic (exact) mass is 420 g/mol. The minimum atomic E-state index is -0.894. The van der Waals surface area contributed by atoms with E-state index in [-0.39, 0.29) is 6.54 Å². The second kappa shape index (κ2) is 8.42. The van der Waals surface area contributed by atoms with Gasteiger partial charge in [0.05, 0.1) is 30.5 Å². The number of rotatable bonds is 7. The van der Waals surface area contributed by atoms with Crippen LogP contribution in [0.3, 0.4) is 0 Å². The summed E-state index contributed by atoms with van der Waals surface area (Å²) in [6.45, 7) is -0.113. The Kier molecular flexibility index (Phi) is 5.54. The van der Waals surface area contributed by atoms with E-state index in [4.69, 9.17) is 14.5 Å². The van der Waals surface area contributed by atoms with Crippen LogP contribution >= 0.6 is 11.3 Å². The summed E-state index contributed by atoms with van der Waals surface area (Å²) in [7, 11) is 3.27. The van der Waals surface area contributed by atoms with E-state index in [0.29, 0.717) is 0 Å². The highest BCUT2D eigenvalue weighted by atomic mass is 32.1. The van der Waals surface area contributed by atoms with Gasteiger partial charge in [0.1, 0.15) is 23.1 Å². The fourth-order valence-corrected chi connectivity index (χ4v) is 4.34. The number of aromatic nitrogens is 2. The quantitative estimate of drug-likeness (QED) is 0.453. The molecule has 0 spiro atoms. The molecule has 0 unspecified atom stereocenters. The van der Waals surface area contributed by atoms with Crippen molar-refractivity contribution >= 4 is 17.3 Å². The number of hydrogen-bond donors (Lipinski definition) is 1. The van der Waals surface area contributed by atoms with Crippen LogP contribution in [0.2, 0.25) is 0 Å². The van der Waals surface area contributed by atoms with Crippen molar-refractivity contribution in [2.75, 3.05) is 14.2 Å². The first-order chi connectivity index (χ1) is 14.6. The van der Waals surface area contributed by atoms with Crippen LogP contribution in [0.15, 0.2) is 66.9 Å². The lowest BCUT2D eigenvalue weighted by molar-refractivity contribution is -0.137. The van der Waals surface area contributed by atoms with Crippen molar-refractivity contribution < 1.29 is 19.4 Å². The Morgan fingerprint density at radius 3 is 2.13 bits per heavy atom. The normalized spacial score (nSPS) is 10.7. The number of thiazole rings is 1. The highest BCUT2D eigenvalue weighted by Crippen LogP contribution is 2.41. The molecule has 0 saturated heterocycles. The van der Waals surface area contributed by atoms with Gasteiger partial charge in [-0.25, -0.2) is 4.98 Å². The Morgan fingerprint density at radius 1 is 0.967 bits per heavy atom. The molecular formula is C23H20N2O4S. The number of carbonyl (C=O) groups is 1. The summed E-state index contributed by atoms with van der Waals surface area (Å²) in [5.74, 6) is 0.662. The van der Waals surface area contributed by atoms with Crippen molar-refractivity contribution in [2.24, 2.45) is 0 Å². The number of methoxy groups -OCH3 is 2. The maximum Gasteiger partial charge on any atom is 0.323 e. The van der Waals surface area contributed by atoms with Gasteiger partial charge in [0, 0.05) is 11.8 Å². The zero-order chi connectivity index (χ0) is 21.1. The van der Waals surface area contributed by atoms with Gasteiger partial charge >= 0.3 is 5.97 Å². The first-order valence-corrected chi connectivity index (χ1v) is 10.1. The van der Waals surface area contributed by atoms with E-state index in [0.717, 1.165) is 43.9 Å². The Labute approximate surface area is 178 Å². The van der Waals surface area contributed by atoms with Crippen molar-refractivity contribution in [1.29, 1.82) is 0 Å². The molecule has 1 N–H and O–H groups in total. The molecular weight excluding hydrogens is 400 g/mol. The van der Waals surface area contributed by atoms with Crippen LogP contribution in [0.1, 0.15) is 0 Å². The number of nitrogens with zero attached hydrogens (tertiary/aromatic N) is 2. The minimum absolute atomic E-state index is 0.113. The number of carboxylic acids is 1. The number of hydrogen-bond acceptors (Lipinski definition) is 5. The Balaban J connectivity index is 1.84. The first-order valence-electron chi connectivity index (χ1n) is 9.26. The van der Waals surface area contributed by atoms with Crippen LogP contribution < -0.4 is 9.47 Å². The summed E-state index contributed by atoms with van der Waals surface area (Å²) in [5, 5.41) is 9.97. The third-order valence-corrected chi connectivity index (χ3v) is 5.82. The van der Waals surface area contributed by atoms with Crippen molar-refractivity contribution in [1.82, 2.24) is 9.55 Å². The van der Waals surface area contributed by atoms with Gasteiger partial charge in [0.2, 0.25) is 0 Å². The van der Waals surface area contributed by atoms with Crippen molar-refractivity contribution in [3.05, 3.63) is 66.9 Å². The minimum Gasteiger partial charge on any atom is -0.497 e. The second-order valence-electron chi connectivity index (χ2n) is 6.57. The molecule has 0 aliphatic carbocycles. The zero-order valence-corrected chi connectivity index (χ0v) is 17.3. The SMILES string of the molecule is COc1ccc(-c2nc(-c3cccn3CC(=O)O)sc2-c2ccc(OC)cc2)cc1. The van der Waals surface area contributed by atoms with E-state index in [1.54, 1.807) is 25.0 Å². The summed E-state index contributed by atoms with van der Waals surface area (Å²) in [5.41, 5.74) is 3.59. The third-order valence-electron chi connectivity index (χ3n) is 4.70. The molecule has 2 aromatic carbocycles. The average Bonchev–Trinajstić information content (AvgIpc) is 3.40. The lowest BCUT2D eigenvalue weighted by Gasteiger charge is -2.05. The molecule has 0 radical (unpaired) electrons. The predicted octanol–water partition coefficient (Wildman–Crippen LogP) is 5.05. The van der Waals surface area contributed by atoms with Crippen molar-refractivity contribution in [3.63, 3.8) is 0 Å². The van der Waals surface area contributed by atoms with Gasteiger partial charge in [-0.3, -0.25) is 4.79 Å². The Hall–Kier alpha value is -3.58. The van der Waals surface area contributed by atoms with E-state index >= 15 is 0 Å². The van der Waals surface area contributed by atoms with E-state index in [9.17, 15) is 9.90 Å². The lowest BCUT2D eigenvalue weighted by Crippen LogP contribution is -2.08. The summed E-state index contributed by atoms with van der Waals surface area (Å²) < 4.78 is 12.2. The smallest absolute Gasteiger partial charge is 0.323 e. The van der Waals surface area contributed by atoms with Gasteiger partial charge in [0.25, 0.3) is 0 Å². The van der Waals surface area contributed by atoms with Gasteiger partial charge in [-0.15, -0.1) is 11.3 Å². The molecule has 6 nitrogen and oxygen atoms in total. The predicted molar refractivity (Wildman–Crippen MR) is 117 cm³/mol. The van der Waals surface area contributed by atoms with Crippen LogP contribution in [0, 0.1) is 0 Å². The van der Waals surface area contributed by atoms with Gasteiger partial charge in [-0.05, 0) is 66.2 Å². The number of carboxylic acid groups (broad SMARTS) is 1. The molecule has 0 aliphatic heterocycles. The number of ether oxygens (including phenoxy) is 2. The number of aliphatic carboxylic acids is 1. The number of benzene rings is 2. The molecule has 4 rings (SSSR count). The van der Waals surface area contributed by atoms with Crippen LogP contribution in [-0.2, 0) is 11.3 Å². The topological polar surface area (TPSA) is 73.6 Å². The summed E-state index contributed by atoms with van der Waals surface area (Å²) in [4.78, 5) is 17.1.